The molecule has 1 aromatic rings. The molecular formula is C9H14N2O3S. The van der Waals surface area contributed by atoms with E-state index in [9.17, 15) is 8.42 Å². The van der Waals surface area contributed by atoms with Crippen molar-refractivity contribution in [2.45, 2.75) is 19.4 Å². The van der Waals surface area contributed by atoms with E-state index in [2.05, 4.69) is 5.16 Å². The summed E-state index contributed by atoms with van der Waals surface area (Å²) in [4.78, 5) is 0. The smallest absolute Gasteiger partial charge is 0.150 e. The van der Waals surface area contributed by atoms with E-state index in [-0.39, 0.29) is 11.7 Å². The van der Waals surface area contributed by atoms with Gasteiger partial charge in [0, 0.05) is 18.5 Å². The standard InChI is InChI=1S/C9H14N2O3S/c10-4-8-5-11-14-9(8)3-7-1-2-15(12,13)6-7/h5,7H,1-4,6,10H2. The van der Waals surface area contributed by atoms with Gasteiger partial charge in [0.05, 0.1) is 17.7 Å². The summed E-state index contributed by atoms with van der Waals surface area (Å²) in [5.41, 5.74) is 6.38. The minimum Gasteiger partial charge on any atom is -0.361 e. The maximum absolute atomic E-state index is 11.3. The molecule has 2 N–H and O–H groups in total. The Morgan fingerprint density at radius 1 is 1.60 bits per heavy atom. The predicted octanol–water partition coefficient (Wildman–Crippen LogP) is 0.111. The van der Waals surface area contributed by atoms with Crippen LogP contribution in [0.2, 0.25) is 0 Å². The van der Waals surface area contributed by atoms with Crippen LogP contribution >= 0.6 is 0 Å². The lowest BCUT2D eigenvalue weighted by Gasteiger charge is -2.04. The molecule has 0 aromatic carbocycles. The zero-order chi connectivity index (χ0) is 10.9. The molecule has 0 bridgehead atoms. The van der Waals surface area contributed by atoms with Crippen molar-refractivity contribution >= 4 is 9.84 Å². The first kappa shape index (κ1) is 10.6. The largest absolute Gasteiger partial charge is 0.361 e. The van der Waals surface area contributed by atoms with Crippen LogP contribution in [-0.2, 0) is 22.8 Å². The van der Waals surface area contributed by atoms with Gasteiger partial charge in [-0.2, -0.15) is 0 Å². The second kappa shape index (κ2) is 3.94. The van der Waals surface area contributed by atoms with Crippen molar-refractivity contribution in [2.24, 2.45) is 11.7 Å². The van der Waals surface area contributed by atoms with Crippen molar-refractivity contribution in [2.75, 3.05) is 11.5 Å². The van der Waals surface area contributed by atoms with Crippen molar-refractivity contribution in [3.05, 3.63) is 17.5 Å². The lowest BCUT2D eigenvalue weighted by atomic mass is 10.0. The topological polar surface area (TPSA) is 86.2 Å². The predicted molar refractivity (Wildman–Crippen MR) is 54.9 cm³/mol. The first-order valence-corrected chi connectivity index (χ1v) is 6.76. The zero-order valence-electron chi connectivity index (χ0n) is 8.35. The molecule has 1 fully saturated rings. The first-order chi connectivity index (χ1) is 7.11. The van der Waals surface area contributed by atoms with Crippen LogP contribution in [0.15, 0.2) is 10.7 Å². The second-order valence-electron chi connectivity index (χ2n) is 3.95. The Morgan fingerprint density at radius 3 is 3.00 bits per heavy atom. The number of rotatable bonds is 3. The molecule has 2 rings (SSSR count). The maximum atomic E-state index is 11.3. The Morgan fingerprint density at radius 2 is 2.40 bits per heavy atom. The molecule has 1 aliphatic rings. The third-order valence-corrected chi connectivity index (χ3v) is 4.59. The van der Waals surface area contributed by atoms with Crippen LogP contribution in [0.3, 0.4) is 0 Å². The van der Waals surface area contributed by atoms with Gasteiger partial charge in [-0.05, 0) is 12.3 Å². The second-order valence-corrected chi connectivity index (χ2v) is 6.18. The molecule has 0 aliphatic carbocycles. The quantitative estimate of drug-likeness (QED) is 0.796. The molecule has 1 unspecified atom stereocenters. The van der Waals surface area contributed by atoms with Gasteiger partial charge >= 0.3 is 0 Å². The van der Waals surface area contributed by atoms with E-state index >= 15 is 0 Å². The number of aromatic nitrogens is 1. The van der Waals surface area contributed by atoms with Crippen LogP contribution in [0.4, 0.5) is 0 Å². The molecule has 0 saturated carbocycles. The summed E-state index contributed by atoms with van der Waals surface area (Å²) in [5.74, 6) is 1.45. The highest BCUT2D eigenvalue weighted by Gasteiger charge is 2.29. The number of hydrogen-bond donors (Lipinski definition) is 1. The number of nitrogens with two attached hydrogens (primary N) is 1. The molecule has 84 valence electrons. The number of hydrogen-bond acceptors (Lipinski definition) is 5. The Kier molecular flexibility index (Phi) is 2.79. The van der Waals surface area contributed by atoms with Crippen molar-refractivity contribution in [3.63, 3.8) is 0 Å². The average molecular weight is 230 g/mol. The van der Waals surface area contributed by atoms with Crippen molar-refractivity contribution in [3.8, 4) is 0 Å². The Hall–Kier alpha value is -0.880. The highest BCUT2D eigenvalue weighted by molar-refractivity contribution is 7.91. The van der Waals surface area contributed by atoms with Crippen LogP contribution in [0.25, 0.3) is 0 Å². The fraction of sp³-hybridized carbons (Fsp3) is 0.667. The van der Waals surface area contributed by atoms with E-state index in [1.807, 2.05) is 0 Å². The van der Waals surface area contributed by atoms with Gasteiger partial charge in [-0.3, -0.25) is 0 Å². The average Bonchev–Trinajstić information content (AvgIpc) is 2.73. The van der Waals surface area contributed by atoms with Crippen LogP contribution < -0.4 is 5.73 Å². The fourth-order valence-corrected chi connectivity index (χ4v) is 3.78. The minimum atomic E-state index is -2.81. The normalized spacial score (nSPS) is 24.5. The van der Waals surface area contributed by atoms with Crippen molar-refractivity contribution < 1.29 is 12.9 Å². The van der Waals surface area contributed by atoms with Gasteiger partial charge in [-0.15, -0.1) is 0 Å². The van der Waals surface area contributed by atoms with E-state index in [1.54, 1.807) is 6.20 Å². The van der Waals surface area contributed by atoms with Gasteiger partial charge in [0.15, 0.2) is 9.84 Å². The van der Waals surface area contributed by atoms with Gasteiger partial charge < -0.3 is 10.3 Å². The Labute approximate surface area is 88.5 Å². The van der Waals surface area contributed by atoms with E-state index in [0.717, 1.165) is 11.3 Å². The molecule has 1 aliphatic heterocycles. The summed E-state index contributed by atoms with van der Waals surface area (Å²) < 4.78 is 27.6. The highest BCUT2D eigenvalue weighted by atomic mass is 32.2. The first-order valence-electron chi connectivity index (χ1n) is 4.93. The van der Waals surface area contributed by atoms with Crippen LogP contribution in [0.1, 0.15) is 17.7 Å². The van der Waals surface area contributed by atoms with Crippen molar-refractivity contribution in [1.82, 2.24) is 5.16 Å². The van der Waals surface area contributed by atoms with Gasteiger partial charge in [0.2, 0.25) is 0 Å². The molecule has 1 aromatic heterocycles. The van der Waals surface area contributed by atoms with Crippen LogP contribution in [0, 0.1) is 5.92 Å². The molecule has 5 nitrogen and oxygen atoms in total. The van der Waals surface area contributed by atoms with Crippen LogP contribution in [0.5, 0.6) is 0 Å². The van der Waals surface area contributed by atoms with E-state index in [1.165, 1.54) is 0 Å². The third kappa shape index (κ3) is 2.38. The summed E-state index contributed by atoms with van der Waals surface area (Å²) in [6.45, 7) is 0.387. The van der Waals surface area contributed by atoms with Gasteiger partial charge in [-0.25, -0.2) is 8.42 Å². The number of sulfone groups is 1. The summed E-state index contributed by atoms with van der Waals surface area (Å²) >= 11 is 0. The zero-order valence-corrected chi connectivity index (χ0v) is 9.16. The molecule has 15 heavy (non-hydrogen) atoms. The van der Waals surface area contributed by atoms with E-state index in [4.69, 9.17) is 10.3 Å². The molecule has 0 amide bonds. The fourth-order valence-electron chi connectivity index (χ4n) is 1.91. The highest BCUT2D eigenvalue weighted by Crippen LogP contribution is 2.23. The van der Waals surface area contributed by atoms with Gasteiger partial charge in [0.25, 0.3) is 0 Å². The molecule has 1 saturated heterocycles. The van der Waals surface area contributed by atoms with Crippen molar-refractivity contribution in [1.29, 1.82) is 0 Å². The monoisotopic (exact) mass is 230 g/mol. The summed E-state index contributed by atoms with van der Waals surface area (Å²) in [6, 6.07) is 0. The summed E-state index contributed by atoms with van der Waals surface area (Å²) in [7, 11) is -2.81. The Balaban J connectivity index is 2.04. The Bertz CT molecular complexity index is 438. The van der Waals surface area contributed by atoms with E-state index < -0.39 is 9.84 Å². The third-order valence-electron chi connectivity index (χ3n) is 2.75. The number of nitrogens with zero attached hydrogens (tertiary/aromatic N) is 1. The summed E-state index contributed by atoms with van der Waals surface area (Å²) in [5, 5.41) is 3.67. The SMILES string of the molecule is NCc1cnoc1CC1CCS(=O)(=O)C1. The lowest BCUT2D eigenvalue weighted by molar-refractivity contribution is 0.363. The van der Waals surface area contributed by atoms with Gasteiger partial charge in [0.1, 0.15) is 5.76 Å². The molecular weight excluding hydrogens is 216 g/mol. The lowest BCUT2D eigenvalue weighted by Crippen LogP contribution is -2.09. The van der Waals surface area contributed by atoms with Crippen LogP contribution in [-0.4, -0.2) is 25.1 Å². The minimum absolute atomic E-state index is 0.160. The molecule has 1 atom stereocenters. The maximum Gasteiger partial charge on any atom is 0.150 e. The summed E-state index contributed by atoms with van der Waals surface area (Å²) in [6.07, 6.45) is 2.94. The molecule has 0 spiro atoms. The van der Waals surface area contributed by atoms with Gasteiger partial charge in [-0.1, -0.05) is 5.16 Å². The van der Waals surface area contributed by atoms with E-state index in [0.29, 0.717) is 25.1 Å². The molecule has 2 heterocycles. The molecule has 0 radical (unpaired) electrons. The molecule has 6 heteroatoms.